The molecule has 1 amide bonds. The largest absolute Gasteiger partial charge is 0.462 e. The van der Waals surface area contributed by atoms with Crippen LogP contribution < -0.4 is 5.73 Å². The number of likely N-dealkylation sites (tertiary alicyclic amines) is 1. The maximum absolute atomic E-state index is 13.8. The van der Waals surface area contributed by atoms with Gasteiger partial charge < -0.3 is 20.1 Å². The second-order valence-electron chi connectivity index (χ2n) is 9.15. The summed E-state index contributed by atoms with van der Waals surface area (Å²) in [5.74, 6) is -0.896. The van der Waals surface area contributed by atoms with E-state index in [4.69, 9.17) is 26.8 Å². The number of nitrogen functional groups attached to an aromatic ring is 1. The van der Waals surface area contributed by atoms with Crippen molar-refractivity contribution in [3.05, 3.63) is 27.8 Å². The van der Waals surface area contributed by atoms with Crippen LogP contribution in [-0.4, -0.2) is 60.8 Å². The van der Waals surface area contributed by atoms with Crippen molar-refractivity contribution in [2.45, 2.75) is 52.4 Å². The zero-order valence-electron chi connectivity index (χ0n) is 19.5. The molecule has 2 N–H and O–H groups in total. The highest BCUT2D eigenvalue weighted by Gasteiger charge is 2.38. The molecule has 1 heterocycles. The molecular formula is C22H31ClF3N3O4. The third-order valence-corrected chi connectivity index (χ3v) is 5.63. The first-order chi connectivity index (χ1) is 15.1. The van der Waals surface area contributed by atoms with Crippen LogP contribution in [-0.2, 0) is 22.2 Å². The van der Waals surface area contributed by atoms with E-state index in [9.17, 15) is 22.8 Å². The predicted octanol–water partition coefficient (Wildman–Crippen LogP) is 4.81. The summed E-state index contributed by atoms with van der Waals surface area (Å²) in [6.45, 7) is 8.18. The highest BCUT2D eigenvalue weighted by atomic mass is 35.5. The number of esters is 1. The lowest BCUT2D eigenvalue weighted by atomic mass is 10.0. The number of rotatable bonds is 6. The Labute approximate surface area is 196 Å². The zero-order chi connectivity index (χ0) is 25.1. The first-order valence-electron chi connectivity index (χ1n) is 10.7. The molecular weight excluding hydrogens is 463 g/mol. The molecule has 0 unspecified atom stereocenters. The van der Waals surface area contributed by atoms with Gasteiger partial charge in [-0.05, 0) is 58.2 Å². The molecule has 0 aromatic heterocycles. The van der Waals surface area contributed by atoms with Crippen molar-refractivity contribution in [3.63, 3.8) is 0 Å². The van der Waals surface area contributed by atoms with Gasteiger partial charge in [-0.15, -0.1) is 0 Å². The molecule has 2 rings (SSSR count). The van der Waals surface area contributed by atoms with Crippen LogP contribution in [0.2, 0.25) is 5.02 Å². The molecule has 186 valence electrons. The lowest BCUT2D eigenvalue weighted by Crippen LogP contribution is -2.37. The topological polar surface area (TPSA) is 85.1 Å². The second kappa shape index (κ2) is 10.4. The molecule has 0 bridgehead atoms. The minimum Gasteiger partial charge on any atom is -0.462 e. The maximum atomic E-state index is 13.8. The van der Waals surface area contributed by atoms with Gasteiger partial charge in [0.15, 0.2) is 0 Å². The van der Waals surface area contributed by atoms with Crippen molar-refractivity contribution in [1.82, 2.24) is 9.80 Å². The number of carbonyl (C=O) groups is 2. The number of benzene rings is 1. The Morgan fingerprint density at radius 1 is 1.30 bits per heavy atom. The SMILES string of the molecule is CCOC(=O)c1cc(C(F)(F)F)c(CN2CC[C@H](CN(C)C(=O)OC(C)(C)C)C2)c(Cl)c1N. The minimum absolute atomic E-state index is 0.00803. The van der Waals surface area contributed by atoms with Gasteiger partial charge in [-0.2, -0.15) is 13.2 Å². The Kier molecular flexibility index (Phi) is 8.51. The number of hydrogen-bond donors (Lipinski definition) is 1. The molecule has 1 aliphatic heterocycles. The van der Waals surface area contributed by atoms with Crippen molar-refractivity contribution >= 4 is 29.4 Å². The van der Waals surface area contributed by atoms with Crippen LogP contribution >= 0.6 is 11.6 Å². The second-order valence-corrected chi connectivity index (χ2v) is 9.52. The van der Waals surface area contributed by atoms with Gasteiger partial charge in [0.2, 0.25) is 0 Å². The van der Waals surface area contributed by atoms with E-state index in [2.05, 4.69) is 0 Å². The van der Waals surface area contributed by atoms with E-state index in [1.165, 1.54) is 4.90 Å². The number of anilines is 1. The molecule has 1 aromatic carbocycles. The summed E-state index contributed by atoms with van der Waals surface area (Å²) >= 11 is 6.23. The van der Waals surface area contributed by atoms with Gasteiger partial charge in [0.05, 0.1) is 28.4 Å². The lowest BCUT2D eigenvalue weighted by Gasteiger charge is -2.26. The molecule has 0 spiro atoms. The summed E-state index contributed by atoms with van der Waals surface area (Å²) in [5, 5.41) is -0.304. The summed E-state index contributed by atoms with van der Waals surface area (Å²) in [7, 11) is 1.63. The summed E-state index contributed by atoms with van der Waals surface area (Å²) in [6, 6.07) is 0.707. The van der Waals surface area contributed by atoms with Crippen molar-refractivity contribution in [2.75, 3.05) is 39.0 Å². The van der Waals surface area contributed by atoms with E-state index in [-0.39, 0.29) is 35.3 Å². The molecule has 7 nitrogen and oxygen atoms in total. The predicted molar refractivity (Wildman–Crippen MR) is 119 cm³/mol. The smallest absolute Gasteiger partial charge is 0.416 e. The molecule has 1 fully saturated rings. The van der Waals surface area contributed by atoms with E-state index < -0.39 is 35.0 Å². The Bertz CT molecular complexity index is 887. The zero-order valence-corrected chi connectivity index (χ0v) is 20.3. The maximum Gasteiger partial charge on any atom is 0.416 e. The van der Waals surface area contributed by atoms with E-state index in [1.807, 2.05) is 4.90 Å². The first-order valence-corrected chi connectivity index (χ1v) is 11.0. The van der Waals surface area contributed by atoms with Gasteiger partial charge in [0.1, 0.15) is 5.60 Å². The van der Waals surface area contributed by atoms with Crippen LogP contribution in [0, 0.1) is 5.92 Å². The molecule has 1 aliphatic rings. The van der Waals surface area contributed by atoms with Gasteiger partial charge in [-0.3, -0.25) is 4.90 Å². The summed E-state index contributed by atoms with van der Waals surface area (Å²) < 4.78 is 51.6. The molecule has 0 saturated carbocycles. The molecule has 0 radical (unpaired) electrons. The molecule has 1 atom stereocenters. The lowest BCUT2D eigenvalue weighted by molar-refractivity contribution is -0.138. The Hall–Kier alpha value is -2.20. The molecule has 33 heavy (non-hydrogen) atoms. The molecule has 1 saturated heterocycles. The van der Waals surface area contributed by atoms with Gasteiger partial charge in [0.25, 0.3) is 0 Å². The number of nitrogens with two attached hydrogens (primary N) is 1. The van der Waals surface area contributed by atoms with E-state index >= 15 is 0 Å². The van der Waals surface area contributed by atoms with Gasteiger partial charge in [-0.1, -0.05) is 11.6 Å². The average Bonchev–Trinajstić information content (AvgIpc) is 3.10. The van der Waals surface area contributed by atoms with Crippen molar-refractivity contribution in [1.29, 1.82) is 0 Å². The first kappa shape index (κ1) is 27.0. The third-order valence-electron chi connectivity index (χ3n) is 5.20. The average molecular weight is 494 g/mol. The van der Waals surface area contributed by atoms with Crippen LogP contribution in [0.15, 0.2) is 6.07 Å². The summed E-state index contributed by atoms with van der Waals surface area (Å²) in [5.41, 5.74) is 3.44. The van der Waals surface area contributed by atoms with Gasteiger partial charge in [-0.25, -0.2) is 9.59 Å². The Balaban J connectivity index is 2.18. The van der Waals surface area contributed by atoms with Crippen LogP contribution in [0.4, 0.5) is 23.7 Å². The quantitative estimate of drug-likeness (QED) is 0.452. The van der Waals surface area contributed by atoms with Crippen LogP contribution in [0.3, 0.4) is 0 Å². The monoisotopic (exact) mass is 493 g/mol. The molecule has 0 aliphatic carbocycles. The highest BCUT2D eigenvalue weighted by Crippen LogP contribution is 2.40. The molecule has 1 aromatic rings. The standard InChI is InChI=1S/C22H31ClF3N3O4/c1-6-32-19(30)14-9-16(22(24,25)26)15(17(23)18(14)27)12-29-8-7-13(11-29)10-28(5)20(31)33-21(2,3)4/h9,13H,6-8,10-12,27H2,1-5H3/t13-/m1/s1. The van der Waals surface area contributed by atoms with Gasteiger partial charge >= 0.3 is 18.2 Å². The third kappa shape index (κ3) is 7.14. The summed E-state index contributed by atoms with van der Waals surface area (Å²) in [4.78, 5) is 27.5. The number of carbonyl (C=O) groups excluding carboxylic acids is 2. The van der Waals surface area contributed by atoms with E-state index in [1.54, 1.807) is 34.7 Å². The minimum atomic E-state index is -4.73. The van der Waals surface area contributed by atoms with Gasteiger partial charge in [0, 0.05) is 26.7 Å². The van der Waals surface area contributed by atoms with Crippen molar-refractivity contribution in [2.24, 2.45) is 5.92 Å². The van der Waals surface area contributed by atoms with Crippen LogP contribution in [0.25, 0.3) is 0 Å². The van der Waals surface area contributed by atoms with Crippen molar-refractivity contribution < 1.29 is 32.2 Å². The number of nitrogens with zero attached hydrogens (tertiary/aromatic N) is 2. The number of ether oxygens (including phenoxy) is 2. The fourth-order valence-corrected chi connectivity index (χ4v) is 3.99. The normalized spacial score (nSPS) is 17.2. The molecule has 11 heteroatoms. The van der Waals surface area contributed by atoms with E-state index in [0.29, 0.717) is 32.1 Å². The van der Waals surface area contributed by atoms with E-state index in [0.717, 1.165) is 0 Å². The Morgan fingerprint density at radius 2 is 1.94 bits per heavy atom. The van der Waals surface area contributed by atoms with Crippen LogP contribution in [0.1, 0.15) is 55.6 Å². The van der Waals surface area contributed by atoms with Crippen LogP contribution in [0.5, 0.6) is 0 Å². The highest BCUT2D eigenvalue weighted by molar-refractivity contribution is 6.34. The van der Waals surface area contributed by atoms with Crippen molar-refractivity contribution in [3.8, 4) is 0 Å². The Morgan fingerprint density at radius 3 is 2.48 bits per heavy atom. The fourth-order valence-electron chi connectivity index (χ4n) is 3.72. The number of halogens is 4. The summed E-state index contributed by atoms with van der Waals surface area (Å²) in [6.07, 6.45) is -4.49. The fraction of sp³-hybridized carbons (Fsp3) is 0.636. The number of alkyl halides is 3. The number of amides is 1. The number of hydrogen-bond acceptors (Lipinski definition) is 6.